The number of ether oxygens (including phenoxy) is 8. The Balaban J connectivity index is 1.48. The summed E-state index contributed by atoms with van der Waals surface area (Å²) in [6, 6.07) is 34.9. The summed E-state index contributed by atoms with van der Waals surface area (Å²) < 4.78 is 48.1. The topological polar surface area (TPSA) is 179 Å². The van der Waals surface area contributed by atoms with E-state index in [0.717, 1.165) is 6.08 Å². The van der Waals surface area contributed by atoms with Crippen molar-refractivity contribution in [3.05, 3.63) is 167 Å². The van der Waals surface area contributed by atoms with Crippen molar-refractivity contribution in [1.82, 2.24) is 0 Å². The van der Waals surface area contributed by atoms with E-state index >= 15 is 0 Å². The number of carbonyl (C=O) groups is 5. The lowest BCUT2D eigenvalue weighted by atomic mass is 9.97. The second kappa shape index (κ2) is 19.6. The SMILES string of the molecule is COc1cc(C=CC(=O)O)cc(OC)c1O[C@@H]1O[C@H](COC(=O)c2ccccc2)[C@H](OC(=O)c2ccccc2)[C@H](OC(=O)c2ccccc2)[C@H]1OC(=O)c1ccccc1. The van der Waals surface area contributed by atoms with Crippen LogP contribution in [-0.4, -0.2) is 86.5 Å². The second-order valence-electron chi connectivity index (χ2n) is 12.8. The summed E-state index contributed by atoms with van der Waals surface area (Å²) in [7, 11) is 2.66. The van der Waals surface area contributed by atoms with Gasteiger partial charge in [-0.2, -0.15) is 0 Å². The van der Waals surface area contributed by atoms with E-state index in [2.05, 4.69) is 0 Å². The summed E-state index contributed by atoms with van der Waals surface area (Å²) >= 11 is 0. The van der Waals surface area contributed by atoms with E-state index in [1.807, 2.05) is 0 Å². The van der Waals surface area contributed by atoms with Crippen molar-refractivity contribution < 1.29 is 67.0 Å². The molecule has 0 radical (unpaired) electrons. The van der Waals surface area contributed by atoms with Gasteiger partial charge >= 0.3 is 29.8 Å². The van der Waals surface area contributed by atoms with Crippen LogP contribution in [0.5, 0.6) is 17.2 Å². The fraction of sp³-hybridized carbons (Fsp3) is 0.178. The van der Waals surface area contributed by atoms with Gasteiger partial charge in [0.15, 0.2) is 23.7 Å². The first-order chi connectivity index (χ1) is 28.6. The van der Waals surface area contributed by atoms with Gasteiger partial charge in [0, 0.05) is 6.08 Å². The molecule has 0 aliphatic carbocycles. The molecule has 0 unspecified atom stereocenters. The summed E-state index contributed by atoms with van der Waals surface area (Å²) in [6.45, 7) is -0.577. The lowest BCUT2D eigenvalue weighted by molar-refractivity contribution is -0.275. The second-order valence-corrected chi connectivity index (χ2v) is 12.8. The Bertz CT molecular complexity index is 2240. The highest BCUT2D eigenvalue weighted by atomic mass is 16.7. The lowest BCUT2D eigenvalue weighted by Gasteiger charge is -2.44. The molecule has 6 rings (SSSR count). The Morgan fingerprint density at radius 1 is 0.576 bits per heavy atom. The fourth-order valence-electron chi connectivity index (χ4n) is 6.02. The van der Waals surface area contributed by atoms with Gasteiger partial charge in [-0.25, -0.2) is 24.0 Å². The van der Waals surface area contributed by atoms with Crippen LogP contribution < -0.4 is 14.2 Å². The minimum Gasteiger partial charge on any atom is -0.493 e. The molecule has 1 aliphatic rings. The normalized spacial score (nSPS) is 18.5. The molecule has 1 fully saturated rings. The minimum absolute atomic E-state index is 0.0358. The largest absolute Gasteiger partial charge is 0.493 e. The number of aliphatic carboxylic acids is 1. The number of carboxylic acids is 1. The van der Waals surface area contributed by atoms with E-state index in [1.165, 1.54) is 68.8 Å². The zero-order valence-electron chi connectivity index (χ0n) is 31.7. The molecule has 1 saturated heterocycles. The standard InChI is InChI=1S/C45H38O14/c1-52-33-25-28(23-24-36(46)47)26-34(53-2)37(33)59-45-40(58-44(51)32-21-13-6-14-22-32)39(57-43(50)31-19-11-5-12-20-31)38(56-42(49)30-17-9-4-10-18-30)35(55-45)27-54-41(48)29-15-7-3-8-16-29/h3-26,35,38-40,45H,27H2,1-2H3,(H,46,47)/t35-,38+,39+,40-,45+/m1/s1. The average molecular weight is 803 g/mol. The molecule has 59 heavy (non-hydrogen) atoms. The van der Waals surface area contributed by atoms with Crippen LogP contribution >= 0.6 is 0 Å². The summed E-state index contributed by atoms with van der Waals surface area (Å²) in [5.74, 6) is -4.60. The van der Waals surface area contributed by atoms with Crippen LogP contribution in [0, 0.1) is 0 Å². The highest BCUT2D eigenvalue weighted by Crippen LogP contribution is 2.42. The van der Waals surface area contributed by atoms with Gasteiger partial charge in [0.25, 0.3) is 0 Å². The molecule has 302 valence electrons. The minimum atomic E-state index is -1.72. The van der Waals surface area contributed by atoms with Crippen LogP contribution in [-0.2, 0) is 28.5 Å². The smallest absolute Gasteiger partial charge is 0.338 e. The third-order valence-corrected chi connectivity index (χ3v) is 8.87. The molecule has 0 saturated carbocycles. The van der Waals surface area contributed by atoms with Crippen LogP contribution in [0.25, 0.3) is 6.08 Å². The zero-order chi connectivity index (χ0) is 41.7. The van der Waals surface area contributed by atoms with Crippen LogP contribution in [0.2, 0.25) is 0 Å². The van der Waals surface area contributed by atoms with E-state index in [1.54, 1.807) is 84.9 Å². The molecular weight excluding hydrogens is 764 g/mol. The van der Waals surface area contributed by atoms with Gasteiger partial charge in [0.1, 0.15) is 12.7 Å². The van der Waals surface area contributed by atoms with Gasteiger partial charge in [-0.05, 0) is 72.3 Å². The summed E-state index contributed by atoms with van der Waals surface area (Å²) in [5, 5.41) is 9.22. The molecule has 5 aromatic rings. The molecule has 14 heteroatoms. The number of rotatable bonds is 15. The van der Waals surface area contributed by atoms with Gasteiger partial charge < -0.3 is 43.0 Å². The molecule has 0 amide bonds. The quantitative estimate of drug-likeness (QED) is 0.0694. The Morgan fingerprint density at radius 2 is 0.983 bits per heavy atom. The lowest BCUT2D eigenvalue weighted by Crippen LogP contribution is -2.64. The van der Waals surface area contributed by atoms with Gasteiger partial charge in [-0.15, -0.1) is 0 Å². The molecule has 14 nitrogen and oxygen atoms in total. The van der Waals surface area contributed by atoms with E-state index in [0.29, 0.717) is 5.56 Å². The molecule has 0 aromatic heterocycles. The zero-order valence-corrected chi connectivity index (χ0v) is 31.7. The molecule has 1 N–H and O–H groups in total. The average Bonchev–Trinajstić information content (AvgIpc) is 3.27. The Morgan fingerprint density at radius 3 is 1.41 bits per heavy atom. The first-order valence-electron chi connectivity index (χ1n) is 18.1. The molecule has 0 bridgehead atoms. The number of carboxylic acid groups (broad SMARTS) is 1. The molecule has 1 heterocycles. The number of hydrogen-bond donors (Lipinski definition) is 1. The van der Waals surface area contributed by atoms with E-state index in [9.17, 15) is 29.1 Å². The molecule has 0 spiro atoms. The van der Waals surface area contributed by atoms with Crippen molar-refractivity contribution in [2.75, 3.05) is 20.8 Å². The highest BCUT2D eigenvalue weighted by molar-refractivity contribution is 5.92. The van der Waals surface area contributed by atoms with Crippen LogP contribution in [0.1, 0.15) is 47.0 Å². The van der Waals surface area contributed by atoms with Crippen molar-refractivity contribution in [1.29, 1.82) is 0 Å². The highest BCUT2D eigenvalue weighted by Gasteiger charge is 2.54. The van der Waals surface area contributed by atoms with Crippen molar-refractivity contribution in [2.45, 2.75) is 30.7 Å². The Kier molecular flexibility index (Phi) is 13.7. The number of esters is 4. The van der Waals surface area contributed by atoms with E-state index in [-0.39, 0.29) is 39.5 Å². The van der Waals surface area contributed by atoms with Gasteiger partial charge in [-0.1, -0.05) is 72.8 Å². The van der Waals surface area contributed by atoms with Crippen molar-refractivity contribution in [3.8, 4) is 17.2 Å². The molecule has 5 aromatic carbocycles. The van der Waals surface area contributed by atoms with Crippen LogP contribution in [0.3, 0.4) is 0 Å². The Hall–Kier alpha value is -7.45. The van der Waals surface area contributed by atoms with Gasteiger partial charge in [-0.3, -0.25) is 0 Å². The van der Waals surface area contributed by atoms with E-state index in [4.69, 9.17) is 37.9 Å². The van der Waals surface area contributed by atoms with Crippen molar-refractivity contribution >= 4 is 35.9 Å². The fourth-order valence-corrected chi connectivity index (χ4v) is 6.02. The predicted molar refractivity (Wildman–Crippen MR) is 209 cm³/mol. The van der Waals surface area contributed by atoms with Gasteiger partial charge in [0.2, 0.25) is 18.1 Å². The van der Waals surface area contributed by atoms with Crippen molar-refractivity contribution in [2.24, 2.45) is 0 Å². The summed E-state index contributed by atoms with van der Waals surface area (Å²) in [5.41, 5.74) is 0.919. The maximum absolute atomic E-state index is 13.9. The third kappa shape index (κ3) is 10.5. The predicted octanol–water partition coefficient (Wildman–Crippen LogP) is 6.44. The number of hydrogen-bond acceptors (Lipinski definition) is 13. The maximum atomic E-state index is 13.9. The molecular formula is C45H38O14. The van der Waals surface area contributed by atoms with Crippen molar-refractivity contribution in [3.63, 3.8) is 0 Å². The first-order valence-corrected chi connectivity index (χ1v) is 18.1. The third-order valence-electron chi connectivity index (χ3n) is 8.87. The maximum Gasteiger partial charge on any atom is 0.338 e. The van der Waals surface area contributed by atoms with Crippen LogP contribution in [0.15, 0.2) is 140 Å². The molecule has 1 aliphatic heterocycles. The number of methoxy groups -OCH3 is 2. The van der Waals surface area contributed by atoms with Gasteiger partial charge in [0.05, 0.1) is 36.5 Å². The molecule has 5 atom stereocenters. The van der Waals surface area contributed by atoms with E-state index < -0.39 is 67.2 Å². The van der Waals surface area contributed by atoms with Crippen LogP contribution in [0.4, 0.5) is 0 Å². The first kappa shape index (κ1) is 41.2. The summed E-state index contributed by atoms with van der Waals surface area (Å²) in [6.07, 6.45) is -5.91. The number of carbonyl (C=O) groups excluding carboxylic acids is 4. The monoisotopic (exact) mass is 802 g/mol. The summed E-state index contributed by atoms with van der Waals surface area (Å²) in [4.78, 5) is 66.2. The number of benzene rings is 5. The Labute approximate surface area is 338 Å².